The van der Waals surface area contributed by atoms with Gasteiger partial charge in [-0.25, -0.2) is 9.79 Å². The van der Waals surface area contributed by atoms with E-state index in [4.69, 9.17) is 0 Å². The number of piperazine rings is 1. The minimum atomic E-state index is -0.997. The van der Waals surface area contributed by atoms with E-state index in [0.717, 1.165) is 0 Å². The fourth-order valence-electron chi connectivity index (χ4n) is 2.87. The summed E-state index contributed by atoms with van der Waals surface area (Å²) in [4.78, 5) is 36.2. The van der Waals surface area contributed by atoms with Gasteiger partial charge in [-0.15, -0.1) is 0 Å². The Balaban J connectivity index is 1.83. The van der Waals surface area contributed by atoms with E-state index in [1.807, 2.05) is 34.9 Å². The SMILES string of the molecule is CCC(=O)N1CCN(C(=NC2(C(=O)O)CC2)c2ccccn2)CC1. The summed E-state index contributed by atoms with van der Waals surface area (Å²) in [5.74, 6) is -0.106. The van der Waals surface area contributed by atoms with Gasteiger partial charge in [-0.3, -0.25) is 9.78 Å². The van der Waals surface area contributed by atoms with Crippen molar-refractivity contribution in [3.8, 4) is 0 Å². The lowest BCUT2D eigenvalue weighted by Gasteiger charge is -2.36. The smallest absolute Gasteiger partial charge is 0.331 e. The second-order valence-electron chi connectivity index (χ2n) is 6.21. The first-order valence-corrected chi connectivity index (χ1v) is 8.33. The van der Waals surface area contributed by atoms with Crippen molar-refractivity contribution < 1.29 is 14.7 Å². The molecule has 0 unspecified atom stereocenters. The fraction of sp³-hybridized carbons (Fsp3) is 0.529. The summed E-state index contributed by atoms with van der Waals surface area (Å²) in [6, 6.07) is 5.54. The first-order chi connectivity index (χ1) is 11.6. The second-order valence-corrected chi connectivity index (χ2v) is 6.21. The van der Waals surface area contributed by atoms with E-state index in [1.54, 1.807) is 6.20 Å². The molecule has 24 heavy (non-hydrogen) atoms. The molecule has 1 aliphatic carbocycles. The Kier molecular flexibility index (Phi) is 4.51. The van der Waals surface area contributed by atoms with E-state index in [2.05, 4.69) is 9.98 Å². The van der Waals surface area contributed by atoms with Crippen LogP contribution in [0.1, 0.15) is 31.9 Å². The monoisotopic (exact) mass is 330 g/mol. The Labute approximate surface area is 141 Å². The molecule has 1 aliphatic heterocycles. The zero-order valence-electron chi connectivity index (χ0n) is 13.8. The Bertz CT molecular complexity index is 647. The Morgan fingerprint density at radius 1 is 1.21 bits per heavy atom. The van der Waals surface area contributed by atoms with E-state index in [-0.39, 0.29) is 5.91 Å². The molecule has 2 aliphatic rings. The topological polar surface area (TPSA) is 86.1 Å². The van der Waals surface area contributed by atoms with Gasteiger partial charge in [-0.2, -0.15) is 0 Å². The lowest BCUT2D eigenvalue weighted by Crippen LogP contribution is -2.51. The van der Waals surface area contributed by atoms with Gasteiger partial charge < -0.3 is 14.9 Å². The third-order valence-electron chi connectivity index (χ3n) is 4.57. The molecule has 0 aromatic carbocycles. The number of aliphatic carboxylic acids is 1. The summed E-state index contributed by atoms with van der Waals surface area (Å²) in [6.45, 7) is 4.38. The number of aromatic nitrogens is 1. The van der Waals surface area contributed by atoms with Crippen LogP contribution in [-0.2, 0) is 9.59 Å². The number of carboxylic acids is 1. The highest BCUT2D eigenvalue weighted by Crippen LogP contribution is 2.40. The third kappa shape index (κ3) is 3.25. The van der Waals surface area contributed by atoms with Gasteiger partial charge in [0, 0.05) is 38.8 Å². The summed E-state index contributed by atoms with van der Waals surface area (Å²) in [5, 5.41) is 9.45. The summed E-state index contributed by atoms with van der Waals surface area (Å²) < 4.78 is 0. The van der Waals surface area contributed by atoms with Crippen LogP contribution in [0.4, 0.5) is 0 Å². The van der Waals surface area contributed by atoms with Gasteiger partial charge in [0.05, 0.1) is 0 Å². The molecule has 2 fully saturated rings. The highest BCUT2D eigenvalue weighted by atomic mass is 16.4. The van der Waals surface area contributed by atoms with Crippen LogP contribution < -0.4 is 0 Å². The van der Waals surface area contributed by atoms with Crippen LogP contribution in [0, 0.1) is 0 Å². The van der Waals surface area contributed by atoms with Gasteiger partial charge in [0.1, 0.15) is 5.69 Å². The van der Waals surface area contributed by atoms with Crippen molar-refractivity contribution in [2.45, 2.75) is 31.7 Å². The van der Waals surface area contributed by atoms with Crippen molar-refractivity contribution in [3.05, 3.63) is 30.1 Å². The largest absolute Gasteiger partial charge is 0.479 e. The van der Waals surface area contributed by atoms with E-state index < -0.39 is 11.5 Å². The number of carbonyl (C=O) groups excluding carboxylic acids is 1. The quantitative estimate of drug-likeness (QED) is 0.657. The average Bonchev–Trinajstić information content (AvgIpc) is 3.41. The molecule has 0 bridgehead atoms. The molecule has 1 aromatic rings. The van der Waals surface area contributed by atoms with E-state index in [1.165, 1.54) is 0 Å². The molecule has 7 heteroatoms. The molecule has 1 N–H and O–H groups in total. The first-order valence-electron chi connectivity index (χ1n) is 8.33. The normalized spacial score (nSPS) is 20.0. The van der Waals surface area contributed by atoms with E-state index >= 15 is 0 Å². The van der Waals surface area contributed by atoms with Gasteiger partial charge in [0.15, 0.2) is 11.4 Å². The maximum absolute atomic E-state index is 11.8. The molecule has 2 heterocycles. The third-order valence-corrected chi connectivity index (χ3v) is 4.57. The molecule has 3 rings (SSSR count). The number of nitrogens with zero attached hydrogens (tertiary/aromatic N) is 4. The van der Waals surface area contributed by atoms with Crippen LogP contribution >= 0.6 is 0 Å². The minimum absolute atomic E-state index is 0.148. The van der Waals surface area contributed by atoms with Crippen LogP contribution in [0.25, 0.3) is 0 Å². The minimum Gasteiger partial charge on any atom is -0.479 e. The van der Waals surface area contributed by atoms with Gasteiger partial charge >= 0.3 is 5.97 Å². The number of pyridine rings is 1. The summed E-state index contributed by atoms with van der Waals surface area (Å²) in [5.41, 5.74) is -0.316. The Morgan fingerprint density at radius 2 is 1.88 bits per heavy atom. The van der Waals surface area contributed by atoms with Gasteiger partial charge in [0.2, 0.25) is 5.91 Å². The number of hydrogen-bond donors (Lipinski definition) is 1. The molecule has 128 valence electrons. The standard InChI is InChI=1S/C17H22N4O3/c1-2-14(22)20-9-11-21(12-10-20)15(13-5-3-4-8-18-13)19-17(6-7-17)16(23)24/h3-5,8H,2,6-7,9-12H2,1H3,(H,23,24). The number of hydrogen-bond acceptors (Lipinski definition) is 4. The molecule has 1 saturated heterocycles. The van der Waals surface area contributed by atoms with E-state index in [9.17, 15) is 14.7 Å². The number of carboxylic acid groups (broad SMARTS) is 1. The zero-order chi connectivity index (χ0) is 17.2. The lowest BCUT2D eigenvalue weighted by atomic mass is 10.2. The zero-order valence-corrected chi connectivity index (χ0v) is 13.8. The molecular formula is C17H22N4O3. The number of aliphatic imine (C=N–C) groups is 1. The average molecular weight is 330 g/mol. The van der Waals surface area contributed by atoms with Crippen molar-refractivity contribution in [1.82, 2.24) is 14.8 Å². The number of amides is 1. The number of rotatable bonds is 4. The van der Waals surface area contributed by atoms with E-state index in [0.29, 0.717) is 57.0 Å². The Hall–Kier alpha value is -2.44. The van der Waals surface area contributed by atoms with Crippen LogP contribution in [0.15, 0.2) is 29.4 Å². The molecule has 7 nitrogen and oxygen atoms in total. The summed E-state index contributed by atoms with van der Waals surface area (Å²) >= 11 is 0. The van der Waals surface area contributed by atoms with Crippen LogP contribution in [0.5, 0.6) is 0 Å². The molecule has 0 radical (unpaired) electrons. The van der Waals surface area contributed by atoms with Gasteiger partial charge in [0.25, 0.3) is 0 Å². The molecule has 0 spiro atoms. The maximum Gasteiger partial charge on any atom is 0.331 e. The second kappa shape index (κ2) is 6.59. The highest BCUT2D eigenvalue weighted by molar-refractivity contribution is 6.00. The lowest BCUT2D eigenvalue weighted by molar-refractivity contribution is -0.139. The van der Waals surface area contributed by atoms with Crippen molar-refractivity contribution in [1.29, 1.82) is 0 Å². The van der Waals surface area contributed by atoms with Gasteiger partial charge in [-0.1, -0.05) is 13.0 Å². The summed E-state index contributed by atoms with van der Waals surface area (Å²) in [7, 11) is 0. The van der Waals surface area contributed by atoms with Crippen LogP contribution in [0.3, 0.4) is 0 Å². The van der Waals surface area contributed by atoms with Crippen molar-refractivity contribution in [3.63, 3.8) is 0 Å². The Morgan fingerprint density at radius 3 is 2.38 bits per heavy atom. The number of carbonyl (C=O) groups is 2. The maximum atomic E-state index is 11.8. The molecule has 1 aromatic heterocycles. The van der Waals surface area contributed by atoms with Crippen molar-refractivity contribution in [2.75, 3.05) is 26.2 Å². The van der Waals surface area contributed by atoms with Crippen LogP contribution in [-0.4, -0.2) is 69.3 Å². The summed E-state index contributed by atoms with van der Waals surface area (Å²) in [6.07, 6.45) is 3.31. The van der Waals surface area contributed by atoms with Crippen molar-refractivity contribution >= 4 is 17.7 Å². The molecular weight excluding hydrogens is 308 g/mol. The number of amidine groups is 1. The predicted molar refractivity (Wildman–Crippen MR) is 88.8 cm³/mol. The van der Waals surface area contributed by atoms with Crippen LogP contribution in [0.2, 0.25) is 0 Å². The molecule has 1 saturated carbocycles. The molecule has 1 amide bonds. The molecule has 0 atom stereocenters. The fourth-order valence-corrected chi connectivity index (χ4v) is 2.87. The first kappa shape index (κ1) is 16.4. The van der Waals surface area contributed by atoms with Gasteiger partial charge in [-0.05, 0) is 25.0 Å². The predicted octanol–water partition coefficient (Wildman–Crippen LogP) is 1.000. The highest BCUT2D eigenvalue weighted by Gasteiger charge is 2.51. The van der Waals surface area contributed by atoms with Crippen molar-refractivity contribution in [2.24, 2.45) is 4.99 Å².